The van der Waals surface area contributed by atoms with Crippen LogP contribution in [0.25, 0.3) is 0 Å². The fourth-order valence-corrected chi connectivity index (χ4v) is 2.35. The monoisotopic (exact) mass is 302 g/mol. The third-order valence-corrected chi connectivity index (χ3v) is 3.59. The largest absolute Gasteiger partial charge is 0.468 e. The zero-order chi connectivity index (χ0) is 15.5. The van der Waals surface area contributed by atoms with Gasteiger partial charge in [-0.05, 0) is 44.4 Å². The van der Waals surface area contributed by atoms with Crippen LogP contribution in [0.5, 0.6) is 11.5 Å². The Bertz CT molecular complexity index is 652. The van der Waals surface area contributed by atoms with Gasteiger partial charge < -0.3 is 19.2 Å². The maximum absolute atomic E-state index is 12.3. The molecule has 6 nitrogen and oxygen atoms in total. The minimum atomic E-state index is -0.156. The van der Waals surface area contributed by atoms with Crippen LogP contribution in [0.15, 0.2) is 41.0 Å². The molecule has 1 aliphatic rings. The van der Waals surface area contributed by atoms with Crippen LogP contribution in [0.4, 0.5) is 0 Å². The van der Waals surface area contributed by atoms with E-state index in [9.17, 15) is 4.79 Å². The van der Waals surface area contributed by atoms with Crippen LogP contribution in [0.1, 0.15) is 22.2 Å². The van der Waals surface area contributed by atoms with Crippen molar-refractivity contribution in [2.24, 2.45) is 0 Å². The molecule has 1 aromatic heterocycles. The van der Waals surface area contributed by atoms with E-state index in [1.54, 1.807) is 24.5 Å². The Hall–Kier alpha value is -2.47. The summed E-state index contributed by atoms with van der Waals surface area (Å²) in [5.74, 6) is 1.92. The minimum Gasteiger partial charge on any atom is -0.468 e. The molecule has 6 heteroatoms. The standard InChI is InChI=1S/C16H18N2O4/c1-18(2)12(13-4-3-7-20-13)9-17-16(19)11-5-6-14-15(8-11)22-10-21-14/h3-8,12H,9-10H2,1-2H3,(H,17,19)/t12-/m1/s1. The van der Waals surface area contributed by atoms with Gasteiger partial charge in [0.2, 0.25) is 6.79 Å². The number of amides is 1. The number of rotatable bonds is 5. The molecule has 1 atom stereocenters. The van der Waals surface area contributed by atoms with Crippen molar-refractivity contribution in [3.63, 3.8) is 0 Å². The number of nitrogens with one attached hydrogen (secondary N) is 1. The summed E-state index contributed by atoms with van der Waals surface area (Å²) in [6, 6.07) is 8.87. The summed E-state index contributed by atoms with van der Waals surface area (Å²) in [7, 11) is 3.89. The molecular weight excluding hydrogens is 284 g/mol. The Balaban J connectivity index is 1.66. The highest BCUT2D eigenvalue weighted by Gasteiger charge is 2.20. The normalized spacial score (nSPS) is 14.1. The highest BCUT2D eigenvalue weighted by atomic mass is 16.7. The number of hydrogen-bond acceptors (Lipinski definition) is 5. The Morgan fingerprint density at radius 1 is 1.27 bits per heavy atom. The van der Waals surface area contributed by atoms with Crippen molar-refractivity contribution >= 4 is 5.91 Å². The molecule has 2 aromatic rings. The summed E-state index contributed by atoms with van der Waals surface area (Å²) in [5.41, 5.74) is 0.543. The first-order chi connectivity index (χ1) is 10.6. The smallest absolute Gasteiger partial charge is 0.251 e. The Morgan fingerprint density at radius 2 is 2.09 bits per heavy atom. The lowest BCUT2D eigenvalue weighted by molar-refractivity contribution is 0.0938. The van der Waals surface area contributed by atoms with E-state index in [1.807, 2.05) is 31.1 Å². The molecule has 116 valence electrons. The first kappa shape index (κ1) is 14.5. The van der Waals surface area contributed by atoms with Gasteiger partial charge in [-0.1, -0.05) is 0 Å². The average molecular weight is 302 g/mol. The van der Waals surface area contributed by atoms with Gasteiger partial charge in [-0.3, -0.25) is 9.69 Å². The Morgan fingerprint density at radius 3 is 2.82 bits per heavy atom. The van der Waals surface area contributed by atoms with E-state index in [1.165, 1.54) is 0 Å². The molecule has 0 fully saturated rings. The van der Waals surface area contributed by atoms with Crippen molar-refractivity contribution in [1.82, 2.24) is 10.2 Å². The van der Waals surface area contributed by atoms with Crippen LogP contribution in [0, 0.1) is 0 Å². The topological polar surface area (TPSA) is 63.9 Å². The van der Waals surface area contributed by atoms with E-state index in [0.29, 0.717) is 23.6 Å². The highest BCUT2D eigenvalue weighted by molar-refractivity contribution is 5.94. The summed E-state index contributed by atoms with van der Waals surface area (Å²) in [6.45, 7) is 0.648. The number of hydrogen-bond donors (Lipinski definition) is 1. The summed E-state index contributed by atoms with van der Waals surface area (Å²) < 4.78 is 16.0. The first-order valence-corrected chi connectivity index (χ1v) is 7.03. The summed E-state index contributed by atoms with van der Waals surface area (Å²) in [5, 5.41) is 2.92. The number of ether oxygens (including phenoxy) is 2. The quantitative estimate of drug-likeness (QED) is 0.915. The second-order valence-corrected chi connectivity index (χ2v) is 5.27. The molecule has 0 radical (unpaired) electrons. The third kappa shape index (κ3) is 2.92. The van der Waals surface area contributed by atoms with Gasteiger partial charge in [0.25, 0.3) is 5.91 Å². The lowest BCUT2D eigenvalue weighted by atomic mass is 10.1. The maximum Gasteiger partial charge on any atom is 0.251 e. The summed E-state index contributed by atoms with van der Waals surface area (Å²) in [6.07, 6.45) is 1.63. The van der Waals surface area contributed by atoms with Gasteiger partial charge in [0, 0.05) is 12.1 Å². The van der Waals surface area contributed by atoms with Gasteiger partial charge in [0.1, 0.15) is 5.76 Å². The van der Waals surface area contributed by atoms with Gasteiger partial charge in [-0.25, -0.2) is 0 Å². The molecule has 0 spiro atoms. The second-order valence-electron chi connectivity index (χ2n) is 5.27. The first-order valence-electron chi connectivity index (χ1n) is 7.03. The zero-order valence-corrected chi connectivity index (χ0v) is 12.5. The number of carbonyl (C=O) groups excluding carboxylic acids is 1. The van der Waals surface area contributed by atoms with Crippen LogP contribution in [0.3, 0.4) is 0 Å². The van der Waals surface area contributed by atoms with Gasteiger partial charge >= 0.3 is 0 Å². The molecule has 0 unspecified atom stereocenters. The molecule has 2 heterocycles. The van der Waals surface area contributed by atoms with E-state index in [0.717, 1.165) is 5.76 Å². The molecule has 1 aliphatic heterocycles. The van der Waals surface area contributed by atoms with Crippen LogP contribution < -0.4 is 14.8 Å². The molecule has 0 saturated heterocycles. The van der Waals surface area contributed by atoms with Crippen molar-refractivity contribution < 1.29 is 18.7 Å². The minimum absolute atomic E-state index is 0.0204. The van der Waals surface area contributed by atoms with Gasteiger partial charge in [0.05, 0.1) is 12.3 Å². The molecule has 22 heavy (non-hydrogen) atoms. The number of fused-ring (bicyclic) bond motifs is 1. The molecular formula is C16H18N2O4. The molecule has 1 aromatic carbocycles. The maximum atomic E-state index is 12.3. The zero-order valence-electron chi connectivity index (χ0n) is 12.5. The van der Waals surface area contributed by atoms with E-state index in [4.69, 9.17) is 13.9 Å². The van der Waals surface area contributed by atoms with Crippen LogP contribution in [-0.4, -0.2) is 38.2 Å². The number of likely N-dealkylation sites (N-methyl/N-ethyl adjacent to an activating group) is 1. The lowest BCUT2D eigenvalue weighted by Gasteiger charge is -2.22. The number of nitrogens with zero attached hydrogens (tertiary/aromatic N) is 1. The molecule has 0 aliphatic carbocycles. The Labute approximate surface area is 128 Å². The molecule has 0 saturated carbocycles. The molecule has 0 bridgehead atoms. The lowest BCUT2D eigenvalue weighted by Crippen LogP contribution is -2.34. The molecule has 3 rings (SSSR count). The van der Waals surface area contributed by atoms with Gasteiger partial charge in [-0.2, -0.15) is 0 Å². The van der Waals surface area contributed by atoms with E-state index in [-0.39, 0.29) is 18.7 Å². The van der Waals surface area contributed by atoms with Crippen molar-refractivity contribution in [2.45, 2.75) is 6.04 Å². The fraction of sp³-hybridized carbons (Fsp3) is 0.312. The third-order valence-electron chi connectivity index (χ3n) is 3.59. The molecule has 1 N–H and O–H groups in total. The van der Waals surface area contributed by atoms with Crippen molar-refractivity contribution in [3.8, 4) is 11.5 Å². The highest BCUT2D eigenvalue weighted by Crippen LogP contribution is 2.32. The predicted octanol–water partition coefficient (Wildman–Crippen LogP) is 2.04. The van der Waals surface area contributed by atoms with Crippen molar-refractivity contribution in [1.29, 1.82) is 0 Å². The average Bonchev–Trinajstić information content (AvgIpc) is 3.17. The number of furan rings is 1. The summed E-state index contributed by atoms with van der Waals surface area (Å²) in [4.78, 5) is 14.3. The van der Waals surface area contributed by atoms with E-state index in [2.05, 4.69) is 5.32 Å². The van der Waals surface area contributed by atoms with Gasteiger partial charge in [0.15, 0.2) is 11.5 Å². The Kier molecular flexibility index (Phi) is 4.02. The number of benzene rings is 1. The van der Waals surface area contributed by atoms with Crippen LogP contribution in [-0.2, 0) is 0 Å². The van der Waals surface area contributed by atoms with Crippen LogP contribution >= 0.6 is 0 Å². The fourth-order valence-electron chi connectivity index (χ4n) is 2.35. The predicted molar refractivity (Wildman–Crippen MR) is 80.0 cm³/mol. The van der Waals surface area contributed by atoms with Gasteiger partial charge in [-0.15, -0.1) is 0 Å². The second kappa shape index (κ2) is 6.11. The number of carbonyl (C=O) groups is 1. The van der Waals surface area contributed by atoms with Crippen molar-refractivity contribution in [3.05, 3.63) is 47.9 Å². The summed E-state index contributed by atoms with van der Waals surface area (Å²) >= 11 is 0. The van der Waals surface area contributed by atoms with E-state index < -0.39 is 0 Å². The SMILES string of the molecule is CN(C)[C@H](CNC(=O)c1ccc2c(c1)OCO2)c1ccco1. The van der Waals surface area contributed by atoms with Crippen molar-refractivity contribution in [2.75, 3.05) is 27.4 Å². The van der Waals surface area contributed by atoms with Crippen LogP contribution in [0.2, 0.25) is 0 Å². The van der Waals surface area contributed by atoms with E-state index >= 15 is 0 Å². The molecule has 1 amide bonds.